The van der Waals surface area contributed by atoms with Gasteiger partial charge in [0.25, 0.3) is 0 Å². The van der Waals surface area contributed by atoms with Gasteiger partial charge in [-0.3, -0.25) is 9.59 Å². The maximum Gasteiger partial charge on any atom is 0.417 e. The van der Waals surface area contributed by atoms with E-state index in [1.54, 1.807) is 0 Å². The summed E-state index contributed by atoms with van der Waals surface area (Å²) in [7, 11) is 0. The summed E-state index contributed by atoms with van der Waals surface area (Å²) >= 11 is 5.53. The van der Waals surface area contributed by atoms with E-state index in [4.69, 9.17) is 16.3 Å². The minimum atomic E-state index is -4.73. The number of hydrogen-bond acceptors (Lipinski definition) is 3. The van der Waals surface area contributed by atoms with Crippen molar-refractivity contribution in [2.24, 2.45) is 0 Å². The molecule has 1 rings (SSSR count). The van der Waals surface area contributed by atoms with Crippen LogP contribution >= 0.6 is 11.6 Å². The topological polar surface area (TPSA) is 43.4 Å². The third-order valence-corrected chi connectivity index (χ3v) is 2.71. The Hall–Kier alpha value is -1.56. The monoisotopic (exact) mass is 308 g/mol. The van der Waals surface area contributed by atoms with Gasteiger partial charge in [-0.25, -0.2) is 0 Å². The maximum atomic E-state index is 12.9. The lowest BCUT2D eigenvalue weighted by atomic mass is 9.92. The van der Waals surface area contributed by atoms with E-state index in [0.717, 1.165) is 13.0 Å². The van der Waals surface area contributed by atoms with Gasteiger partial charge in [0.15, 0.2) is 5.60 Å². The van der Waals surface area contributed by atoms with Gasteiger partial charge in [-0.1, -0.05) is 11.6 Å². The number of Topliss-reactive ketones (excluding diaryl/α,β-unsaturated/α-hetero) is 1. The molecule has 0 bridgehead atoms. The third-order valence-electron chi connectivity index (χ3n) is 2.48. The van der Waals surface area contributed by atoms with Crippen LogP contribution in [0.15, 0.2) is 18.2 Å². The average molecular weight is 309 g/mol. The van der Waals surface area contributed by atoms with Crippen LogP contribution in [0.3, 0.4) is 0 Å². The minimum Gasteiger partial charge on any atom is -0.451 e. The van der Waals surface area contributed by atoms with Crippen molar-refractivity contribution < 1.29 is 27.5 Å². The summed E-state index contributed by atoms with van der Waals surface area (Å²) in [6.45, 7) is 3.53. The fraction of sp³-hybridized carbons (Fsp3) is 0.385. The normalized spacial score (nSPS) is 12.2. The first-order valence-electron chi connectivity index (χ1n) is 5.56. The van der Waals surface area contributed by atoms with Crippen LogP contribution in [-0.2, 0) is 15.7 Å². The number of rotatable bonds is 3. The van der Waals surface area contributed by atoms with Gasteiger partial charge in [-0.2, -0.15) is 13.2 Å². The number of carbonyl (C=O) groups excluding carboxylic acids is 2. The molecule has 0 unspecified atom stereocenters. The average Bonchev–Trinajstić information content (AvgIpc) is 2.25. The van der Waals surface area contributed by atoms with Crippen molar-refractivity contribution in [2.45, 2.75) is 32.5 Å². The predicted molar refractivity (Wildman–Crippen MR) is 66.6 cm³/mol. The molecule has 0 radical (unpaired) electrons. The molecule has 0 saturated heterocycles. The second kappa shape index (κ2) is 5.44. The SMILES string of the molecule is CC(=O)OC(C)(C)C(=O)c1ccc(Cl)cc1C(F)(F)F. The quantitative estimate of drug-likeness (QED) is 0.628. The Morgan fingerprint density at radius 3 is 2.20 bits per heavy atom. The van der Waals surface area contributed by atoms with Crippen molar-refractivity contribution in [1.29, 1.82) is 0 Å². The molecule has 0 heterocycles. The van der Waals surface area contributed by atoms with E-state index in [1.807, 2.05) is 0 Å². The van der Waals surface area contributed by atoms with Crippen molar-refractivity contribution in [3.8, 4) is 0 Å². The molecule has 0 aliphatic rings. The molecule has 0 saturated carbocycles. The molecule has 20 heavy (non-hydrogen) atoms. The third kappa shape index (κ3) is 3.72. The number of ether oxygens (including phenoxy) is 1. The highest BCUT2D eigenvalue weighted by Crippen LogP contribution is 2.35. The molecular formula is C13H12ClF3O3. The van der Waals surface area contributed by atoms with Gasteiger partial charge in [0.05, 0.1) is 5.56 Å². The highest BCUT2D eigenvalue weighted by molar-refractivity contribution is 6.30. The molecule has 0 atom stereocenters. The standard InChI is InChI=1S/C13H12ClF3O3/c1-7(18)20-12(2,3)11(19)9-5-4-8(14)6-10(9)13(15,16)17/h4-6H,1-3H3. The van der Waals surface area contributed by atoms with E-state index in [1.165, 1.54) is 19.9 Å². The van der Waals surface area contributed by atoms with Crippen LogP contribution in [0, 0.1) is 0 Å². The fourth-order valence-corrected chi connectivity index (χ4v) is 1.85. The number of alkyl halides is 3. The van der Waals surface area contributed by atoms with Gasteiger partial charge in [0, 0.05) is 17.5 Å². The molecule has 0 aliphatic heterocycles. The van der Waals surface area contributed by atoms with Gasteiger partial charge < -0.3 is 4.74 Å². The number of ketones is 1. The molecule has 0 fully saturated rings. The summed E-state index contributed by atoms with van der Waals surface area (Å²) in [6.07, 6.45) is -4.73. The molecule has 0 amide bonds. The minimum absolute atomic E-state index is 0.140. The Morgan fingerprint density at radius 2 is 1.75 bits per heavy atom. The highest BCUT2D eigenvalue weighted by Gasteiger charge is 2.40. The molecule has 0 aromatic heterocycles. The Kier molecular flexibility index (Phi) is 4.49. The van der Waals surface area contributed by atoms with E-state index in [2.05, 4.69) is 0 Å². The van der Waals surface area contributed by atoms with Crippen molar-refractivity contribution in [1.82, 2.24) is 0 Å². The van der Waals surface area contributed by atoms with Crippen LogP contribution in [0.5, 0.6) is 0 Å². The number of halogens is 4. The Labute approximate surface area is 118 Å². The van der Waals surface area contributed by atoms with Crippen LogP contribution in [0.1, 0.15) is 36.7 Å². The Bertz CT molecular complexity index is 550. The Morgan fingerprint density at radius 1 is 1.20 bits per heavy atom. The molecule has 0 spiro atoms. The largest absolute Gasteiger partial charge is 0.451 e. The molecule has 0 N–H and O–H groups in total. The fourth-order valence-electron chi connectivity index (χ4n) is 1.68. The summed E-state index contributed by atoms with van der Waals surface area (Å²) in [5.41, 5.74) is -3.44. The zero-order valence-electron chi connectivity index (χ0n) is 11.0. The van der Waals surface area contributed by atoms with E-state index < -0.39 is 34.7 Å². The van der Waals surface area contributed by atoms with Crippen molar-refractivity contribution >= 4 is 23.4 Å². The lowest BCUT2D eigenvalue weighted by Gasteiger charge is -2.24. The van der Waals surface area contributed by atoms with E-state index in [9.17, 15) is 22.8 Å². The summed E-state index contributed by atoms with van der Waals surface area (Å²) in [5.74, 6) is -1.71. The lowest BCUT2D eigenvalue weighted by molar-refractivity contribution is -0.149. The lowest BCUT2D eigenvalue weighted by Crippen LogP contribution is -2.37. The van der Waals surface area contributed by atoms with E-state index in [0.29, 0.717) is 6.07 Å². The van der Waals surface area contributed by atoms with Gasteiger partial charge >= 0.3 is 12.1 Å². The van der Waals surface area contributed by atoms with Crippen LogP contribution in [-0.4, -0.2) is 17.4 Å². The molecule has 1 aromatic rings. The van der Waals surface area contributed by atoms with Gasteiger partial charge in [0.1, 0.15) is 0 Å². The second-order valence-corrected chi connectivity index (χ2v) is 5.06. The predicted octanol–water partition coefficient (Wildman–Crippen LogP) is 3.88. The number of benzene rings is 1. The molecule has 110 valence electrons. The summed E-state index contributed by atoms with van der Waals surface area (Å²) < 4.78 is 43.5. The second-order valence-electron chi connectivity index (χ2n) is 4.62. The zero-order valence-corrected chi connectivity index (χ0v) is 11.7. The molecule has 1 aromatic carbocycles. The van der Waals surface area contributed by atoms with Crippen LogP contribution in [0.25, 0.3) is 0 Å². The smallest absolute Gasteiger partial charge is 0.417 e. The van der Waals surface area contributed by atoms with E-state index in [-0.39, 0.29) is 5.02 Å². The van der Waals surface area contributed by atoms with Crippen LogP contribution < -0.4 is 0 Å². The van der Waals surface area contributed by atoms with Crippen molar-refractivity contribution in [3.63, 3.8) is 0 Å². The first kappa shape index (κ1) is 16.5. The summed E-state index contributed by atoms with van der Waals surface area (Å²) in [4.78, 5) is 23.1. The first-order chi connectivity index (χ1) is 8.95. The van der Waals surface area contributed by atoms with E-state index >= 15 is 0 Å². The molecule has 3 nitrogen and oxygen atoms in total. The van der Waals surface area contributed by atoms with Gasteiger partial charge in [-0.15, -0.1) is 0 Å². The number of carbonyl (C=O) groups is 2. The number of hydrogen-bond donors (Lipinski definition) is 0. The van der Waals surface area contributed by atoms with Crippen molar-refractivity contribution in [3.05, 3.63) is 34.3 Å². The van der Waals surface area contributed by atoms with Crippen molar-refractivity contribution in [2.75, 3.05) is 0 Å². The molecule has 0 aliphatic carbocycles. The summed E-state index contributed by atoms with van der Waals surface area (Å²) in [5, 5.41) is -0.140. The molecule has 7 heteroatoms. The summed E-state index contributed by atoms with van der Waals surface area (Å²) in [6, 6.07) is 2.81. The first-order valence-corrected chi connectivity index (χ1v) is 5.94. The Balaban J connectivity index is 3.33. The zero-order chi connectivity index (χ0) is 15.7. The molecular weight excluding hydrogens is 297 g/mol. The van der Waals surface area contributed by atoms with Gasteiger partial charge in [0.2, 0.25) is 5.78 Å². The number of esters is 1. The maximum absolute atomic E-state index is 12.9. The highest BCUT2D eigenvalue weighted by atomic mass is 35.5. The van der Waals surface area contributed by atoms with Crippen LogP contribution in [0.4, 0.5) is 13.2 Å². The van der Waals surface area contributed by atoms with Gasteiger partial charge in [-0.05, 0) is 32.0 Å². The van der Waals surface area contributed by atoms with Crippen LogP contribution in [0.2, 0.25) is 5.02 Å².